The van der Waals surface area contributed by atoms with E-state index in [0.29, 0.717) is 11.3 Å². The summed E-state index contributed by atoms with van der Waals surface area (Å²) in [7, 11) is 1.58. The first-order valence-electron chi connectivity index (χ1n) is 9.41. The summed E-state index contributed by atoms with van der Waals surface area (Å²) in [5.41, 5.74) is 0.458. The molecule has 1 aliphatic rings. The Labute approximate surface area is 166 Å². The molecule has 0 unspecified atom stereocenters. The normalized spacial score (nSPS) is 14.4. The predicted octanol–water partition coefficient (Wildman–Crippen LogP) is 5.31. The third kappa shape index (κ3) is 3.92. The van der Waals surface area contributed by atoms with E-state index in [1.165, 1.54) is 13.0 Å². The lowest BCUT2D eigenvalue weighted by Crippen LogP contribution is -2.20. The Kier molecular flexibility index (Phi) is 4.94. The van der Waals surface area contributed by atoms with E-state index in [1.807, 2.05) is 12.1 Å². The van der Waals surface area contributed by atoms with Crippen LogP contribution in [0.4, 0.5) is 30.6 Å². The van der Waals surface area contributed by atoms with Crippen molar-refractivity contribution < 1.29 is 17.9 Å². The number of aryl methyl sites for hydroxylation is 1. The van der Waals surface area contributed by atoms with Gasteiger partial charge in [-0.25, -0.2) is 4.98 Å². The number of aromatic nitrogens is 2. The Morgan fingerprint density at radius 3 is 2.48 bits per heavy atom. The average Bonchev–Trinajstić information content (AvgIpc) is 3.22. The van der Waals surface area contributed by atoms with E-state index in [2.05, 4.69) is 20.2 Å². The van der Waals surface area contributed by atoms with Crippen molar-refractivity contribution in [1.82, 2.24) is 9.97 Å². The Balaban J connectivity index is 1.77. The van der Waals surface area contributed by atoms with Crippen LogP contribution < -0.4 is 15.0 Å². The van der Waals surface area contributed by atoms with Crippen LogP contribution in [0, 0.1) is 6.92 Å². The average molecular weight is 402 g/mol. The number of rotatable bonds is 4. The van der Waals surface area contributed by atoms with Crippen molar-refractivity contribution in [3.8, 4) is 5.75 Å². The zero-order valence-corrected chi connectivity index (χ0v) is 16.2. The van der Waals surface area contributed by atoms with Gasteiger partial charge in [-0.3, -0.25) is 0 Å². The molecule has 5 nitrogen and oxygen atoms in total. The molecule has 3 aromatic rings. The van der Waals surface area contributed by atoms with Gasteiger partial charge < -0.3 is 15.0 Å². The van der Waals surface area contributed by atoms with Crippen molar-refractivity contribution in [3.63, 3.8) is 0 Å². The van der Waals surface area contributed by atoms with E-state index in [1.54, 1.807) is 19.2 Å². The van der Waals surface area contributed by atoms with Crippen molar-refractivity contribution in [3.05, 3.63) is 47.5 Å². The first kappa shape index (κ1) is 19.3. The van der Waals surface area contributed by atoms with Gasteiger partial charge in [0.25, 0.3) is 0 Å². The minimum absolute atomic E-state index is 0.171. The highest BCUT2D eigenvalue weighted by atomic mass is 19.4. The fraction of sp³-hybridized carbons (Fsp3) is 0.333. The van der Waals surface area contributed by atoms with Crippen molar-refractivity contribution >= 4 is 28.4 Å². The van der Waals surface area contributed by atoms with E-state index in [9.17, 15) is 13.2 Å². The monoisotopic (exact) mass is 402 g/mol. The molecule has 0 atom stereocenters. The van der Waals surface area contributed by atoms with Crippen LogP contribution in [0.25, 0.3) is 10.9 Å². The molecule has 2 aromatic carbocycles. The zero-order valence-electron chi connectivity index (χ0n) is 16.2. The van der Waals surface area contributed by atoms with Gasteiger partial charge in [-0.2, -0.15) is 18.2 Å². The van der Waals surface area contributed by atoms with Crippen molar-refractivity contribution in [2.45, 2.75) is 25.9 Å². The van der Waals surface area contributed by atoms with E-state index >= 15 is 0 Å². The fourth-order valence-corrected chi connectivity index (χ4v) is 3.58. The largest absolute Gasteiger partial charge is 0.497 e. The number of methoxy groups -OCH3 is 1. The standard InChI is InChI=1S/C21H21F3N4O/c1-13-5-6-14(11-17(13)21(22,23)24)25-20-26-18-12-15(29-2)7-8-16(18)19(27-20)28-9-3-4-10-28/h5-8,11-12H,3-4,9-10H2,1-2H3,(H,25,26,27). The Bertz CT molecular complexity index is 1050. The maximum absolute atomic E-state index is 13.2. The maximum Gasteiger partial charge on any atom is 0.416 e. The highest BCUT2D eigenvalue weighted by molar-refractivity contribution is 5.91. The first-order valence-corrected chi connectivity index (χ1v) is 9.41. The second kappa shape index (κ2) is 7.42. The van der Waals surface area contributed by atoms with Crippen LogP contribution in [0.15, 0.2) is 36.4 Å². The molecular formula is C21H21F3N4O. The molecule has 152 valence electrons. The number of fused-ring (bicyclic) bond motifs is 1. The van der Waals surface area contributed by atoms with Gasteiger partial charge in [0.05, 0.1) is 18.2 Å². The number of anilines is 3. The molecule has 29 heavy (non-hydrogen) atoms. The van der Waals surface area contributed by atoms with Gasteiger partial charge >= 0.3 is 6.18 Å². The topological polar surface area (TPSA) is 50.3 Å². The van der Waals surface area contributed by atoms with Gasteiger partial charge in [0.15, 0.2) is 0 Å². The van der Waals surface area contributed by atoms with Crippen LogP contribution in [0.1, 0.15) is 24.0 Å². The molecule has 0 saturated carbocycles. The molecular weight excluding hydrogens is 381 g/mol. The van der Waals surface area contributed by atoms with Crippen molar-refractivity contribution in [1.29, 1.82) is 0 Å². The summed E-state index contributed by atoms with van der Waals surface area (Å²) < 4.78 is 45.0. The minimum atomic E-state index is -4.42. The first-order chi connectivity index (χ1) is 13.8. The van der Waals surface area contributed by atoms with Crippen LogP contribution in [0.5, 0.6) is 5.75 Å². The summed E-state index contributed by atoms with van der Waals surface area (Å²) in [6, 6.07) is 9.70. The second-order valence-corrected chi connectivity index (χ2v) is 7.10. The summed E-state index contributed by atoms with van der Waals surface area (Å²) in [6.45, 7) is 3.22. The Morgan fingerprint density at radius 1 is 1.03 bits per heavy atom. The highest BCUT2D eigenvalue weighted by Crippen LogP contribution is 2.35. The number of hydrogen-bond acceptors (Lipinski definition) is 5. The summed E-state index contributed by atoms with van der Waals surface area (Å²) >= 11 is 0. The van der Waals surface area contributed by atoms with E-state index in [4.69, 9.17) is 4.74 Å². The van der Waals surface area contributed by atoms with E-state index in [-0.39, 0.29) is 17.2 Å². The summed E-state index contributed by atoms with van der Waals surface area (Å²) in [5.74, 6) is 1.69. The molecule has 2 heterocycles. The number of ether oxygens (including phenoxy) is 1. The molecule has 0 bridgehead atoms. The zero-order chi connectivity index (χ0) is 20.6. The maximum atomic E-state index is 13.2. The number of hydrogen-bond donors (Lipinski definition) is 1. The lowest BCUT2D eigenvalue weighted by molar-refractivity contribution is -0.138. The lowest BCUT2D eigenvalue weighted by Gasteiger charge is -2.20. The van der Waals surface area contributed by atoms with E-state index in [0.717, 1.165) is 43.2 Å². The Morgan fingerprint density at radius 2 is 1.79 bits per heavy atom. The smallest absolute Gasteiger partial charge is 0.416 e. The van der Waals surface area contributed by atoms with Gasteiger partial charge in [-0.15, -0.1) is 0 Å². The second-order valence-electron chi connectivity index (χ2n) is 7.10. The van der Waals surface area contributed by atoms with Crippen molar-refractivity contribution in [2.75, 3.05) is 30.4 Å². The van der Waals surface area contributed by atoms with Crippen molar-refractivity contribution in [2.24, 2.45) is 0 Å². The van der Waals surface area contributed by atoms with E-state index < -0.39 is 11.7 Å². The van der Waals surface area contributed by atoms with Crippen LogP contribution in [-0.4, -0.2) is 30.2 Å². The van der Waals surface area contributed by atoms with Gasteiger partial charge in [0.1, 0.15) is 11.6 Å². The molecule has 1 aliphatic heterocycles. The lowest BCUT2D eigenvalue weighted by atomic mass is 10.1. The number of alkyl halides is 3. The molecule has 1 N–H and O–H groups in total. The van der Waals surface area contributed by atoms with Crippen LogP contribution in [-0.2, 0) is 6.18 Å². The third-order valence-electron chi connectivity index (χ3n) is 5.09. The molecule has 1 saturated heterocycles. The number of nitrogens with one attached hydrogen (secondary N) is 1. The number of benzene rings is 2. The molecule has 1 fully saturated rings. The van der Waals surface area contributed by atoms with Gasteiger partial charge in [-0.1, -0.05) is 6.07 Å². The molecule has 0 aliphatic carbocycles. The van der Waals surface area contributed by atoms with Crippen LogP contribution >= 0.6 is 0 Å². The molecule has 0 amide bonds. The molecule has 0 spiro atoms. The Hall–Kier alpha value is -3.03. The third-order valence-corrected chi connectivity index (χ3v) is 5.09. The summed E-state index contributed by atoms with van der Waals surface area (Å²) in [4.78, 5) is 11.3. The van der Waals surface area contributed by atoms with Gasteiger partial charge in [0, 0.05) is 30.2 Å². The van der Waals surface area contributed by atoms with Crippen LogP contribution in [0.2, 0.25) is 0 Å². The molecule has 4 rings (SSSR count). The van der Waals surface area contributed by atoms with Crippen LogP contribution in [0.3, 0.4) is 0 Å². The highest BCUT2D eigenvalue weighted by Gasteiger charge is 2.32. The van der Waals surface area contributed by atoms with Gasteiger partial charge in [0.2, 0.25) is 5.95 Å². The van der Waals surface area contributed by atoms with Gasteiger partial charge in [-0.05, 0) is 49.6 Å². The summed E-state index contributed by atoms with van der Waals surface area (Å²) in [6.07, 6.45) is -2.26. The molecule has 1 aromatic heterocycles. The predicted molar refractivity (Wildman–Crippen MR) is 107 cm³/mol. The summed E-state index contributed by atoms with van der Waals surface area (Å²) in [5, 5.41) is 3.83. The minimum Gasteiger partial charge on any atom is -0.497 e. The SMILES string of the molecule is COc1ccc2c(N3CCCC3)nc(Nc3ccc(C)c(C(F)(F)F)c3)nc2c1. The number of halogens is 3. The number of nitrogens with zero attached hydrogens (tertiary/aromatic N) is 3. The molecule has 0 radical (unpaired) electrons. The quantitative estimate of drug-likeness (QED) is 0.641. The molecule has 8 heteroatoms. The fourth-order valence-electron chi connectivity index (χ4n) is 3.58.